The molecule has 6 nitrogen and oxygen atoms in total. The highest BCUT2D eigenvalue weighted by molar-refractivity contribution is 7.84. The number of aromatic nitrogens is 5. The first-order chi connectivity index (χ1) is 11.7. The fourth-order valence-corrected chi connectivity index (χ4v) is 3.31. The van der Waals surface area contributed by atoms with Crippen LogP contribution in [0.4, 0.5) is 0 Å². The maximum absolute atomic E-state index is 12.0. The lowest BCUT2D eigenvalue weighted by Crippen LogP contribution is -2.00. The van der Waals surface area contributed by atoms with Crippen molar-refractivity contribution in [2.45, 2.75) is 4.90 Å². The molecule has 0 aliphatic rings. The van der Waals surface area contributed by atoms with Crippen LogP contribution in [-0.2, 0) is 10.8 Å². The zero-order chi connectivity index (χ0) is 16.5. The van der Waals surface area contributed by atoms with Crippen LogP contribution in [0.2, 0.25) is 0 Å². The van der Waals surface area contributed by atoms with Crippen molar-refractivity contribution in [1.82, 2.24) is 24.7 Å². The SMILES string of the molecule is CS(=O)c1cn(-c2ncc(-c3cccnn3)cn2)c2ccccc12. The molecular formula is C17H13N5OS. The summed E-state index contributed by atoms with van der Waals surface area (Å²) in [4.78, 5) is 9.64. The molecule has 24 heavy (non-hydrogen) atoms. The Bertz CT molecular complexity index is 1030. The minimum absolute atomic E-state index is 0.524. The first-order valence-electron chi connectivity index (χ1n) is 7.28. The van der Waals surface area contributed by atoms with Crippen LogP contribution >= 0.6 is 0 Å². The molecule has 118 valence electrons. The minimum Gasteiger partial charge on any atom is -0.284 e. The van der Waals surface area contributed by atoms with E-state index in [9.17, 15) is 4.21 Å². The largest absolute Gasteiger partial charge is 0.284 e. The molecule has 0 aliphatic heterocycles. The van der Waals surface area contributed by atoms with E-state index in [0.29, 0.717) is 5.95 Å². The van der Waals surface area contributed by atoms with Crippen molar-refractivity contribution in [2.24, 2.45) is 0 Å². The van der Waals surface area contributed by atoms with Gasteiger partial charge in [0.1, 0.15) is 0 Å². The molecule has 3 aromatic heterocycles. The second-order valence-electron chi connectivity index (χ2n) is 5.22. The molecule has 7 heteroatoms. The molecule has 0 radical (unpaired) electrons. The third-order valence-corrected chi connectivity index (χ3v) is 4.65. The number of hydrogen-bond acceptors (Lipinski definition) is 5. The highest BCUT2D eigenvalue weighted by Gasteiger charge is 2.13. The van der Waals surface area contributed by atoms with E-state index in [-0.39, 0.29) is 0 Å². The standard InChI is InChI=1S/C17H13N5OS/c1-24(23)16-11-22(15-7-3-2-5-13(15)16)17-18-9-12(10-19-17)14-6-4-8-20-21-14/h2-11H,1H3. The number of para-hydroxylation sites is 1. The van der Waals surface area contributed by atoms with E-state index in [1.165, 1.54) is 0 Å². The summed E-state index contributed by atoms with van der Waals surface area (Å²) in [5.41, 5.74) is 2.44. The molecule has 0 saturated heterocycles. The fraction of sp³-hybridized carbons (Fsp3) is 0.0588. The number of fused-ring (bicyclic) bond motifs is 1. The first kappa shape index (κ1) is 14.6. The van der Waals surface area contributed by atoms with E-state index < -0.39 is 10.8 Å². The summed E-state index contributed by atoms with van der Waals surface area (Å²) in [7, 11) is -1.09. The highest BCUT2D eigenvalue weighted by Crippen LogP contribution is 2.26. The minimum atomic E-state index is -1.09. The molecule has 0 bridgehead atoms. The third-order valence-electron chi connectivity index (χ3n) is 3.71. The van der Waals surface area contributed by atoms with Crippen LogP contribution in [0.25, 0.3) is 28.1 Å². The Morgan fingerprint density at radius 1 is 1.04 bits per heavy atom. The van der Waals surface area contributed by atoms with Crippen molar-refractivity contribution >= 4 is 21.7 Å². The van der Waals surface area contributed by atoms with Gasteiger partial charge in [0.25, 0.3) is 0 Å². The lowest BCUT2D eigenvalue weighted by Gasteiger charge is -2.04. The molecule has 0 spiro atoms. The normalized spacial score (nSPS) is 12.4. The Labute approximate surface area is 140 Å². The topological polar surface area (TPSA) is 73.6 Å². The zero-order valence-corrected chi connectivity index (χ0v) is 13.6. The van der Waals surface area contributed by atoms with Gasteiger partial charge in [-0.3, -0.25) is 8.78 Å². The average Bonchev–Trinajstić information content (AvgIpc) is 3.03. The van der Waals surface area contributed by atoms with Gasteiger partial charge in [0.2, 0.25) is 5.95 Å². The van der Waals surface area contributed by atoms with E-state index in [1.54, 1.807) is 24.8 Å². The number of hydrogen-bond donors (Lipinski definition) is 0. The van der Waals surface area contributed by atoms with E-state index in [2.05, 4.69) is 20.2 Å². The van der Waals surface area contributed by atoms with Crippen LogP contribution in [0.15, 0.2) is 66.1 Å². The van der Waals surface area contributed by atoms with Crippen molar-refractivity contribution in [2.75, 3.05) is 6.26 Å². The van der Waals surface area contributed by atoms with Crippen LogP contribution in [0.1, 0.15) is 0 Å². The second kappa shape index (κ2) is 5.93. The molecule has 1 aromatic carbocycles. The molecule has 0 N–H and O–H groups in total. The number of benzene rings is 1. The summed E-state index contributed by atoms with van der Waals surface area (Å²) < 4.78 is 13.8. The van der Waals surface area contributed by atoms with E-state index in [1.807, 2.05) is 47.2 Å². The Kier molecular flexibility index (Phi) is 3.62. The summed E-state index contributed by atoms with van der Waals surface area (Å²) in [5, 5.41) is 8.86. The second-order valence-corrected chi connectivity index (χ2v) is 6.56. The highest BCUT2D eigenvalue weighted by atomic mass is 32.2. The summed E-state index contributed by atoms with van der Waals surface area (Å²) in [6.45, 7) is 0. The summed E-state index contributed by atoms with van der Waals surface area (Å²) in [6, 6.07) is 11.5. The van der Waals surface area contributed by atoms with Gasteiger partial charge in [-0.15, -0.1) is 0 Å². The van der Waals surface area contributed by atoms with E-state index >= 15 is 0 Å². The van der Waals surface area contributed by atoms with Crippen LogP contribution < -0.4 is 0 Å². The summed E-state index contributed by atoms with van der Waals surface area (Å²) in [6.07, 6.45) is 8.55. The van der Waals surface area contributed by atoms with Gasteiger partial charge >= 0.3 is 0 Å². The molecule has 0 fully saturated rings. The van der Waals surface area contributed by atoms with E-state index in [4.69, 9.17) is 0 Å². The van der Waals surface area contributed by atoms with Gasteiger partial charge in [-0.1, -0.05) is 18.2 Å². The van der Waals surface area contributed by atoms with Gasteiger partial charge < -0.3 is 0 Å². The predicted octanol–water partition coefficient (Wildman–Crippen LogP) is 2.61. The molecule has 1 unspecified atom stereocenters. The van der Waals surface area contributed by atoms with E-state index in [0.717, 1.165) is 27.1 Å². The fourth-order valence-electron chi connectivity index (χ4n) is 2.58. The quantitative estimate of drug-likeness (QED) is 0.575. The van der Waals surface area contributed by atoms with Gasteiger partial charge in [0.15, 0.2) is 0 Å². The molecule has 1 atom stereocenters. The van der Waals surface area contributed by atoms with Crippen molar-refractivity contribution in [3.8, 4) is 17.2 Å². The van der Waals surface area contributed by atoms with Crippen molar-refractivity contribution in [3.05, 3.63) is 61.2 Å². The molecule has 4 aromatic rings. The lowest BCUT2D eigenvalue weighted by molar-refractivity contribution is 0.687. The van der Waals surface area contributed by atoms with Gasteiger partial charge in [-0.2, -0.15) is 10.2 Å². The van der Waals surface area contributed by atoms with Gasteiger partial charge in [-0.05, 0) is 18.2 Å². The van der Waals surface area contributed by atoms with Crippen LogP contribution in [-0.4, -0.2) is 35.2 Å². The maximum Gasteiger partial charge on any atom is 0.234 e. The number of nitrogens with zero attached hydrogens (tertiary/aromatic N) is 5. The molecule has 0 amide bonds. The molecular weight excluding hydrogens is 322 g/mol. The summed E-state index contributed by atoms with van der Waals surface area (Å²) in [5.74, 6) is 0.524. The van der Waals surface area contributed by atoms with Crippen LogP contribution in [0.3, 0.4) is 0 Å². The van der Waals surface area contributed by atoms with Crippen molar-refractivity contribution in [3.63, 3.8) is 0 Å². The Morgan fingerprint density at radius 3 is 2.54 bits per heavy atom. The summed E-state index contributed by atoms with van der Waals surface area (Å²) >= 11 is 0. The molecule has 4 rings (SSSR count). The Morgan fingerprint density at radius 2 is 1.83 bits per heavy atom. The predicted molar refractivity (Wildman–Crippen MR) is 92.2 cm³/mol. The maximum atomic E-state index is 12.0. The Hall–Kier alpha value is -2.93. The smallest absolute Gasteiger partial charge is 0.234 e. The number of rotatable bonds is 3. The average molecular weight is 335 g/mol. The van der Waals surface area contributed by atoms with Crippen LogP contribution in [0, 0.1) is 0 Å². The first-order valence-corrected chi connectivity index (χ1v) is 8.84. The third kappa shape index (κ3) is 2.48. The molecule has 0 saturated carbocycles. The molecule has 0 aliphatic carbocycles. The van der Waals surface area contributed by atoms with Crippen molar-refractivity contribution in [1.29, 1.82) is 0 Å². The Balaban J connectivity index is 1.82. The van der Waals surface area contributed by atoms with Crippen molar-refractivity contribution < 1.29 is 4.21 Å². The zero-order valence-electron chi connectivity index (χ0n) is 12.8. The molecule has 3 heterocycles. The van der Waals surface area contributed by atoms with Gasteiger partial charge in [0.05, 0.1) is 26.9 Å². The monoisotopic (exact) mass is 335 g/mol. The van der Waals surface area contributed by atoms with Gasteiger partial charge in [-0.25, -0.2) is 9.97 Å². The van der Waals surface area contributed by atoms with Crippen LogP contribution in [0.5, 0.6) is 0 Å². The lowest BCUT2D eigenvalue weighted by atomic mass is 10.2. The van der Waals surface area contributed by atoms with Gasteiger partial charge in [0, 0.05) is 42.0 Å².